The number of rotatable bonds is 3. The molecule has 1 N–H and O–H groups in total. The van der Waals surface area contributed by atoms with E-state index in [1.54, 1.807) is 6.92 Å². The van der Waals surface area contributed by atoms with Gasteiger partial charge in [0.15, 0.2) is 24.8 Å². The van der Waals surface area contributed by atoms with Crippen molar-refractivity contribution < 1.29 is 42.5 Å². The van der Waals surface area contributed by atoms with Crippen molar-refractivity contribution in [1.82, 2.24) is 0 Å². The zero-order chi connectivity index (χ0) is 27.7. The van der Waals surface area contributed by atoms with Crippen LogP contribution >= 0.6 is 0 Å². The number of aliphatic hydroxyl groups is 1. The van der Waals surface area contributed by atoms with Crippen molar-refractivity contribution in [2.75, 3.05) is 6.61 Å². The van der Waals surface area contributed by atoms with Crippen molar-refractivity contribution in [3.63, 3.8) is 0 Å². The van der Waals surface area contributed by atoms with Gasteiger partial charge < -0.3 is 19.3 Å². The number of allylic oxidation sites excluding steroid dienone is 1. The fourth-order valence-corrected chi connectivity index (χ4v) is 8.63. The summed E-state index contributed by atoms with van der Waals surface area (Å²) in [6.45, 7) is 6.50. The molecule has 5 rings (SSSR count). The van der Waals surface area contributed by atoms with Crippen LogP contribution in [0.2, 0.25) is 0 Å². The van der Waals surface area contributed by atoms with E-state index in [0.29, 0.717) is 25.7 Å². The number of halogens is 2. The van der Waals surface area contributed by atoms with Gasteiger partial charge in [-0.25, -0.2) is 13.6 Å². The highest BCUT2D eigenvalue weighted by molar-refractivity contribution is 5.93. The zero-order valence-electron chi connectivity index (χ0n) is 22.8. The van der Waals surface area contributed by atoms with Crippen LogP contribution in [0.15, 0.2) is 11.6 Å². The SMILES string of the molecule is CCCC1OC(C(C)O)C(=O)OCC(=O)[C@]2(CC[C@H]3[C@@H]4C[C@H](F)C5=CC(=O)CC[C@]5(C)[C@@]4(F)CC[C@@]32C)O1. The maximum absolute atomic E-state index is 17.3. The first-order valence-corrected chi connectivity index (χ1v) is 14.1. The van der Waals surface area contributed by atoms with E-state index in [1.807, 2.05) is 13.8 Å². The van der Waals surface area contributed by atoms with Crippen LogP contribution < -0.4 is 0 Å². The summed E-state index contributed by atoms with van der Waals surface area (Å²) < 4.78 is 50.8. The van der Waals surface area contributed by atoms with E-state index in [1.165, 1.54) is 13.0 Å². The third-order valence-corrected chi connectivity index (χ3v) is 10.8. The summed E-state index contributed by atoms with van der Waals surface area (Å²) in [6.07, 6.45) is -0.835. The number of aliphatic hydroxyl groups excluding tert-OH is 1. The van der Waals surface area contributed by atoms with E-state index >= 15 is 8.78 Å². The summed E-state index contributed by atoms with van der Waals surface area (Å²) in [7, 11) is 0. The first-order valence-electron chi connectivity index (χ1n) is 14.1. The predicted octanol–water partition coefficient (Wildman–Crippen LogP) is 4.33. The van der Waals surface area contributed by atoms with Crippen LogP contribution in [0.25, 0.3) is 0 Å². The Morgan fingerprint density at radius 2 is 1.87 bits per heavy atom. The molecule has 3 saturated carbocycles. The Hall–Kier alpha value is -1.71. The molecule has 1 heterocycles. The number of esters is 1. The Labute approximate surface area is 222 Å². The Morgan fingerprint density at radius 1 is 1.13 bits per heavy atom. The maximum atomic E-state index is 17.3. The Morgan fingerprint density at radius 3 is 2.55 bits per heavy atom. The summed E-state index contributed by atoms with van der Waals surface area (Å²) in [5.74, 6) is -2.37. The second-order valence-electron chi connectivity index (χ2n) is 12.6. The Bertz CT molecular complexity index is 1040. The molecule has 0 bridgehead atoms. The Kier molecular flexibility index (Phi) is 6.92. The van der Waals surface area contributed by atoms with Gasteiger partial charge in [-0.15, -0.1) is 0 Å². The molecule has 4 fully saturated rings. The van der Waals surface area contributed by atoms with Gasteiger partial charge in [-0.05, 0) is 69.4 Å². The van der Waals surface area contributed by atoms with Crippen molar-refractivity contribution in [3.05, 3.63) is 11.6 Å². The molecule has 212 valence electrons. The number of Topliss-reactive ketones (excluding diaryl/α,β-unsaturated/α-hetero) is 1. The number of carbonyl (C=O) groups excluding carboxylic acids is 3. The summed E-state index contributed by atoms with van der Waals surface area (Å²) in [5.41, 5.74) is -4.72. The second-order valence-corrected chi connectivity index (χ2v) is 12.6. The fraction of sp³-hybridized carbons (Fsp3) is 0.828. The lowest BCUT2D eigenvalue weighted by Gasteiger charge is -2.62. The van der Waals surface area contributed by atoms with Gasteiger partial charge in [-0.1, -0.05) is 27.2 Å². The maximum Gasteiger partial charge on any atom is 0.338 e. The molecule has 0 aromatic heterocycles. The van der Waals surface area contributed by atoms with Crippen LogP contribution in [0.4, 0.5) is 8.78 Å². The molecule has 1 aliphatic heterocycles. The molecule has 3 unspecified atom stereocenters. The first-order chi connectivity index (χ1) is 17.8. The van der Waals surface area contributed by atoms with Crippen LogP contribution in [-0.2, 0) is 28.6 Å². The van der Waals surface area contributed by atoms with Gasteiger partial charge in [-0.2, -0.15) is 0 Å². The van der Waals surface area contributed by atoms with Gasteiger partial charge in [-0.3, -0.25) is 9.59 Å². The molecule has 10 atom stereocenters. The summed E-state index contributed by atoms with van der Waals surface area (Å²) >= 11 is 0. The first kappa shape index (κ1) is 27.8. The lowest BCUT2D eigenvalue weighted by molar-refractivity contribution is -0.266. The third-order valence-electron chi connectivity index (χ3n) is 10.8. The molecule has 1 spiro atoms. The van der Waals surface area contributed by atoms with E-state index in [4.69, 9.17) is 14.2 Å². The van der Waals surface area contributed by atoms with Crippen LogP contribution in [-0.4, -0.2) is 65.2 Å². The van der Waals surface area contributed by atoms with Gasteiger partial charge in [0.1, 0.15) is 17.4 Å². The van der Waals surface area contributed by atoms with E-state index < -0.39 is 71.0 Å². The average Bonchev–Trinajstić information content (AvgIpc) is 3.17. The van der Waals surface area contributed by atoms with Crippen molar-refractivity contribution >= 4 is 17.5 Å². The average molecular weight is 539 g/mol. The molecule has 0 radical (unpaired) electrons. The number of fused-ring (bicyclic) bond motifs is 6. The fourth-order valence-electron chi connectivity index (χ4n) is 8.63. The molecule has 4 aliphatic carbocycles. The van der Waals surface area contributed by atoms with Crippen molar-refractivity contribution in [2.45, 2.75) is 121 Å². The van der Waals surface area contributed by atoms with E-state index in [2.05, 4.69) is 0 Å². The van der Waals surface area contributed by atoms with Gasteiger partial charge >= 0.3 is 5.97 Å². The number of hydrogen-bond donors (Lipinski definition) is 1. The van der Waals surface area contributed by atoms with Crippen molar-refractivity contribution in [3.8, 4) is 0 Å². The van der Waals surface area contributed by atoms with Gasteiger partial charge in [0, 0.05) is 23.2 Å². The molecule has 5 aliphatic rings. The minimum absolute atomic E-state index is 0.0380. The molecular formula is C29H40F2O7. The van der Waals surface area contributed by atoms with Gasteiger partial charge in [0.05, 0.1) is 6.10 Å². The molecule has 0 aromatic carbocycles. The highest BCUT2D eigenvalue weighted by Gasteiger charge is 2.73. The van der Waals surface area contributed by atoms with Crippen LogP contribution in [0.1, 0.15) is 85.5 Å². The standard InChI is InChI=1S/C29H40F2O7/c1-5-6-23-37-24(16(2)32)25(35)36-15-22(34)29(38-23)10-8-18-19-14-21(30)20-13-17(33)7-9-26(20,3)28(19,31)12-11-27(18,29)4/h13,16,18-19,21,23-24,32H,5-12,14-15H2,1-4H3/t16?,18-,19-,21-,23?,24?,26-,27-,28+,29-/m0/s1. The lowest BCUT2D eigenvalue weighted by atomic mass is 9.44. The van der Waals surface area contributed by atoms with Crippen LogP contribution in [0.3, 0.4) is 0 Å². The van der Waals surface area contributed by atoms with E-state index in [9.17, 15) is 19.5 Å². The molecule has 9 heteroatoms. The number of ether oxygens (including phenoxy) is 3. The largest absolute Gasteiger partial charge is 0.456 e. The minimum Gasteiger partial charge on any atom is -0.456 e. The van der Waals surface area contributed by atoms with Gasteiger partial charge in [0.25, 0.3) is 0 Å². The number of alkyl halides is 2. The van der Waals surface area contributed by atoms with Crippen molar-refractivity contribution in [1.29, 1.82) is 0 Å². The number of cyclic esters (lactones) is 1. The third kappa shape index (κ3) is 3.78. The number of ketones is 2. The lowest BCUT2D eigenvalue weighted by Crippen LogP contribution is -2.66. The minimum atomic E-state index is -1.71. The van der Waals surface area contributed by atoms with Gasteiger partial charge in [0.2, 0.25) is 5.78 Å². The van der Waals surface area contributed by atoms with Crippen LogP contribution in [0.5, 0.6) is 0 Å². The van der Waals surface area contributed by atoms with Crippen molar-refractivity contribution in [2.24, 2.45) is 22.7 Å². The summed E-state index contributed by atoms with van der Waals surface area (Å²) in [6, 6.07) is 0. The second kappa shape index (κ2) is 9.44. The molecule has 1 saturated heterocycles. The highest BCUT2D eigenvalue weighted by atomic mass is 19.1. The summed E-state index contributed by atoms with van der Waals surface area (Å²) in [4.78, 5) is 38.6. The van der Waals surface area contributed by atoms with Crippen LogP contribution in [0, 0.1) is 22.7 Å². The number of hydrogen-bond acceptors (Lipinski definition) is 7. The molecule has 7 nitrogen and oxygen atoms in total. The topological polar surface area (TPSA) is 99.1 Å². The molecular weight excluding hydrogens is 498 g/mol. The highest BCUT2D eigenvalue weighted by Crippen LogP contribution is 2.71. The number of carbonyl (C=O) groups is 3. The molecule has 38 heavy (non-hydrogen) atoms. The molecule has 0 amide bonds. The normalized spacial score (nSPS) is 48.1. The zero-order valence-corrected chi connectivity index (χ0v) is 22.8. The van der Waals surface area contributed by atoms with E-state index in [0.717, 1.165) is 0 Å². The Balaban J connectivity index is 1.54. The summed E-state index contributed by atoms with van der Waals surface area (Å²) in [5, 5.41) is 10.2. The molecule has 0 aromatic rings. The monoisotopic (exact) mass is 538 g/mol. The smallest absolute Gasteiger partial charge is 0.338 e. The predicted molar refractivity (Wildman–Crippen MR) is 132 cm³/mol. The van der Waals surface area contributed by atoms with E-state index in [-0.39, 0.29) is 49.4 Å². The quantitative estimate of drug-likeness (QED) is 0.534.